The van der Waals surface area contributed by atoms with Gasteiger partial charge in [0.1, 0.15) is 0 Å². The fourth-order valence-corrected chi connectivity index (χ4v) is 3.35. The Morgan fingerprint density at radius 1 is 1.29 bits per heavy atom. The van der Waals surface area contributed by atoms with E-state index < -0.39 is 0 Å². The second-order valence-electron chi connectivity index (χ2n) is 4.14. The largest absolute Gasteiger partial charge is 0.409 e. The van der Waals surface area contributed by atoms with Crippen molar-refractivity contribution in [2.24, 2.45) is 10.9 Å². The predicted molar refractivity (Wildman–Crippen MR) is 83.8 cm³/mol. The average molecular weight is 364 g/mol. The highest BCUT2D eigenvalue weighted by Gasteiger charge is 2.13. The molecule has 0 aliphatic heterocycles. The molecule has 2 aromatic heterocycles. The Balaban J connectivity index is 2.07. The van der Waals surface area contributed by atoms with Crippen molar-refractivity contribution in [3.05, 3.63) is 52.6 Å². The van der Waals surface area contributed by atoms with Gasteiger partial charge in [-0.25, -0.2) is 0 Å². The minimum absolute atomic E-state index is 0.0545. The van der Waals surface area contributed by atoms with Crippen LogP contribution in [0, 0.1) is 0 Å². The first-order valence-corrected chi connectivity index (χ1v) is 7.55. The molecule has 3 aromatic rings. The number of fused-ring (bicyclic) bond motifs is 1. The second-order valence-corrected chi connectivity index (χ2v) is 6.06. The van der Waals surface area contributed by atoms with Gasteiger partial charge in [0.15, 0.2) is 16.6 Å². The number of hydrogen-bond donors (Lipinski definition) is 2. The van der Waals surface area contributed by atoms with E-state index in [9.17, 15) is 0 Å². The second kappa shape index (κ2) is 5.74. The number of nitrogens with zero attached hydrogens (tertiary/aromatic N) is 4. The maximum atomic E-state index is 8.89. The Bertz CT molecular complexity index is 832. The fraction of sp³-hybridized carbons (Fsp3) is 0. The number of nitrogens with two attached hydrogens (primary N) is 1. The first kappa shape index (κ1) is 13.9. The van der Waals surface area contributed by atoms with Gasteiger partial charge in [0.2, 0.25) is 0 Å². The smallest absolute Gasteiger partial charge is 0.200 e. The van der Waals surface area contributed by atoms with Crippen LogP contribution in [0.4, 0.5) is 0 Å². The lowest BCUT2D eigenvalue weighted by Gasteiger charge is -2.07. The molecule has 2 heterocycles. The first-order chi connectivity index (χ1) is 10.2. The van der Waals surface area contributed by atoms with Gasteiger partial charge in [0.25, 0.3) is 0 Å². The molecule has 3 N–H and O–H groups in total. The summed E-state index contributed by atoms with van der Waals surface area (Å²) in [5.74, 6) is 0.0545. The van der Waals surface area contributed by atoms with Crippen molar-refractivity contribution in [1.29, 1.82) is 0 Å². The summed E-state index contributed by atoms with van der Waals surface area (Å²) in [4.78, 5) is 0.817. The van der Waals surface area contributed by atoms with Gasteiger partial charge in [-0.2, -0.15) is 0 Å². The summed E-state index contributed by atoms with van der Waals surface area (Å²) in [6.07, 6.45) is 1.89. The molecule has 0 saturated heterocycles. The molecule has 6 nitrogen and oxygen atoms in total. The Labute approximate surface area is 132 Å². The number of aromatic nitrogens is 3. The van der Waals surface area contributed by atoms with Crippen LogP contribution in [0.25, 0.3) is 5.65 Å². The number of hydrogen-bond acceptors (Lipinski definition) is 5. The lowest BCUT2D eigenvalue weighted by atomic mass is 10.2. The van der Waals surface area contributed by atoms with Gasteiger partial charge in [0.05, 0.1) is 0 Å². The van der Waals surface area contributed by atoms with Gasteiger partial charge in [-0.05, 0) is 42.1 Å². The van der Waals surface area contributed by atoms with Gasteiger partial charge >= 0.3 is 0 Å². The summed E-state index contributed by atoms with van der Waals surface area (Å²) in [6.45, 7) is 0. The van der Waals surface area contributed by atoms with Crippen LogP contribution >= 0.6 is 27.7 Å². The van der Waals surface area contributed by atoms with Gasteiger partial charge in [0, 0.05) is 21.1 Å². The zero-order chi connectivity index (χ0) is 14.8. The van der Waals surface area contributed by atoms with Crippen molar-refractivity contribution in [3.63, 3.8) is 0 Å². The van der Waals surface area contributed by atoms with Crippen LogP contribution in [0.1, 0.15) is 5.56 Å². The molecule has 8 heteroatoms. The molecule has 0 atom stereocenters. The molecule has 0 saturated carbocycles. The summed E-state index contributed by atoms with van der Waals surface area (Å²) in [7, 11) is 0. The number of halogens is 1. The molecular formula is C13H10BrN5OS. The van der Waals surface area contributed by atoms with Crippen LogP contribution in [0.15, 0.2) is 62.3 Å². The molecule has 0 radical (unpaired) electrons. The minimum atomic E-state index is 0.0545. The fourth-order valence-electron chi connectivity index (χ4n) is 1.83. The molecule has 0 unspecified atom stereocenters. The molecular weight excluding hydrogens is 354 g/mol. The van der Waals surface area contributed by atoms with Crippen LogP contribution in [0.5, 0.6) is 0 Å². The molecule has 0 amide bonds. The van der Waals surface area contributed by atoms with Crippen LogP contribution < -0.4 is 5.73 Å². The lowest BCUT2D eigenvalue weighted by molar-refractivity contribution is 0.318. The van der Waals surface area contributed by atoms with Gasteiger partial charge in [-0.3, -0.25) is 4.40 Å². The Kier molecular flexibility index (Phi) is 3.80. The topological polar surface area (TPSA) is 88.8 Å². The maximum absolute atomic E-state index is 8.89. The third-order valence-electron chi connectivity index (χ3n) is 2.81. The maximum Gasteiger partial charge on any atom is 0.200 e. The molecule has 0 aliphatic carbocycles. The van der Waals surface area contributed by atoms with Crippen LogP contribution in [-0.2, 0) is 0 Å². The van der Waals surface area contributed by atoms with E-state index in [4.69, 9.17) is 10.9 Å². The summed E-state index contributed by atoms with van der Waals surface area (Å²) < 4.78 is 2.77. The predicted octanol–water partition coefficient (Wildman–Crippen LogP) is 2.74. The van der Waals surface area contributed by atoms with E-state index in [1.165, 1.54) is 11.8 Å². The van der Waals surface area contributed by atoms with Crippen LogP contribution in [0.3, 0.4) is 0 Å². The van der Waals surface area contributed by atoms with Crippen molar-refractivity contribution in [2.45, 2.75) is 10.1 Å². The zero-order valence-electron chi connectivity index (χ0n) is 10.6. The normalized spacial score (nSPS) is 12.0. The third-order valence-corrected chi connectivity index (χ3v) is 4.32. The Morgan fingerprint density at radius 2 is 2.14 bits per heavy atom. The third kappa shape index (κ3) is 2.72. The van der Waals surface area contributed by atoms with E-state index in [-0.39, 0.29) is 5.84 Å². The van der Waals surface area contributed by atoms with Crippen molar-refractivity contribution in [1.82, 2.24) is 14.6 Å². The number of oxime groups is 1. The first-order valence-electron chi connectivity index (χ1n) is 5.94. The van der Waals surface area contributed by atoms with Crippen LogP contribution in [-0.4, -0.2) is 25.6 Å². The Hall–Kier alpha value is -2.06. The van der Waals surface area contributed by atoms with E-state index in [1.807, 2.05) is 40.9 Å². The van der Waals surface area contributed by atoms with Gasteiger partial charge in [-0.1, -0.05) is 27.2 Å². The molecule has 0 spiro atoms. The molecule has 0 fully saturated rings. The summed E-state index contributed by atoms with van der Waals surface area (Å²) in [5.41, 5.74) is 7.12. The quantitative estimate of drug-likeness (QED) is 0.323. The van der Waals surface area contributed by atoms with Crippen molar-refractivity contribution >= 4 is 39.2 Å². The number of benzene rings is 1. The highest BCUT2D eigenvalue weighted by molar-refractivity contribution is 9.10. The van der Waals surface area contributed by atoms with Gasteiger partial charge in [-0.15, -0.1) is 10.2 Å². The van der Waals surface area contributed by atoms with E-state index in [0.29, 0.717) is 10.7 Å². The van der Waals surface area contributed by atoms with E-state index in [1.54, 1.807) is 6.07 Å². The molecule has 1 aromatic carbocycles. The monoisotopic (exact) mass is 363 g/mol. The highest BCUT2D eigenvalue weighted by Crippen LogP contribution is 2.31. The van der Waals surface area contributed by atoms with E-state index in [0.717, 1.165) is 15.0 Å². The molecule has 0 bridgehead atoms. The zero-order valence-corrected chi connectivity index (χ0v) is 13.0. The van der Waals surface area contributed by atoms with Crippen molar-refractivity contribution in [3.8, 4) is 0 Å². The average Bonchev–Trinajstić information content (AvgIpc) is 2.90. The molecule has 21 heavy (non-hydrogen) atoms. The summed E-state index contributed by atoms with van der Waals surface area (Å²) in [5, 5.41) is 20.9. The minimum Gasteiger partial charge on any atom is -0.409 e. The van der Waals surface area contributed by atoms with Crippen molar-refractivity contribution in [2.75, 3.05) is 0 Å². The summed E-state index contributed by atoms with van der Waals surface area (Å²) >= 11 is 4.82. The molecule has 106 valence electrons. The van der Waals surface area contributed by atoms with Gasteiger partial charge < -0.3 is 10.9 Å². The highest BCUT2D eigenvalue weighted by atomic mass is 79.9. The number of rotatable bonds is 3. The number of pyridine rings is 1. The van der Waals surface area contributed by atoms with E-state index in [2.05, 4.69) is 31.3 Å². The lowest BCUT2D eigenvalue weighted by Crippen LogP contribution is -2.14. The Morgan fingerprint density at radius 3 is 2.95 bits per heavy atom. The number of amidine groups is 1. The molecule has 0 aliphatic rings. The molecule has 3 rings (SSSR count). The summed E-state index contributed by atoms with van der Waals surface area (Å²) in [6, 6.07) is 11.2. The standard InChI is InChI=1S/C13H10BrN5OS/c14-8-4-5-9(12(15)18-20)10(7-8)21-13-17-16-11-3-1-2-6-19(11)13/h1-7,20H,(H2,15,18). The van der Waals surface area contributed by atoms with E-state index >= 15 is 0 Å². The SMILES string of the molecule is N/C(=N/O)c1ccc(Br)cc1Sc1nnc2ccccn12. The van der Waals surface area contributed by atoms with Crippen molar-refractivity contribution < 1.29 is 5.21 Å². The van der Waals surface area contributed by atoms with Crippen LogP contribution in [0.2, 0.25) is 0 Å².